The third kappa shape index (κ3) is 7.07. The van der Waals surface area contributed by atoms with Crippen LogP contribution in [0.2, 0.25) is 0 Å². The average molecular weight is 515 g/mol. The van der Waals surface area contributed by atoms with Crippen molar-refractivity contribution < 1.29 is 9.59 Å². The third-order valence-electron chi connectivity index (χ3n) is 4.45. The zero-order valence-electron chi connectivity index (χ0n) is 17.1. The lowest BCUT2D eigenvalue weighted by molar-refractivity contribution is -0.108. The van der Waals surface area contributed by atoms with Gasteiger partial charge in [0, 0.05) is 33.5 Å². The Bertz CT molecular complexity index is 760. The fourth-order valence-corrected chi connectivity index (χ4v) is 11.7. The van der Waals surface area contributed by atoms with Gasteiger partial charge < -0.3 is 0 Å². The van der Waals surface area contributed by atoms with Crippen molar-refractivity contribution in [2.75, 3.05) is 23.0 Å². The Morgan fingerprint density at radius 3 is 1.73 bits per heavy atom. The molecule has 30 heavy (non-hydrogen) atoms. The van der Waals surface area contributed by atoms with E-state index in [2.05, 4.69) is 37.4 Å². The minimum absolute atomic E-state index is 0.110. The summed E-state index contributed by atoms with van der Waals surface area (Å²) in [5, 5.41) is 1.22. The van der Waals surface area contributed by atoms with Crippen LogP contribution in [0.5, 0.6) is 0 Å². The summed E-state index contributed by atoms with van der Waals surface area (Å²) in [6.07, 6.45) is 0. The molecule has 8 heteroatoms. The summed E-state index contributed by atoms with van der Waals surface area (Å²) in [5.74, 6) is 3.88. The molecule has 0 aromatic heterocycles. The first-order chi connectivity index (χ1) is 14.3. The molecule has 2 aliphatic rings. The lowest BCUT2D eigenvalue weighted by Gasteiger charge is -2.15. The molecule has 1 aromatic carbocycles. The number of thioether (sulfide) groups is 6. The fraction of sp³-hybridized carbons (Fsp3) is 0.455. The molecule has 2 nitrogen and oxygen atoms in total. The topological polar surface area (TPSA) is 34.1 Å². The zero-order chi connectivity index (χ0) is 21.7. The highest BCUT2D eigenvalue weighted by atomic mass is 32.2. The van der Waals surface area contributed by atoms with Crippen LogP contribution in [0.25, 0.3) is 0 Å². The molecule has 0 bridgehead atoms. The lowest BCUT2D eigenvalue weighted by atomic mass is 10.1. The molecule has 162 valence electrons. The van der Waals surface area contributed by atoms with E-state index in [1.54, 1.807) is 13.8 Å². The molecule has 0 N–H and O–H groups in total. The molecule has 0 spiro atoms. The first-order valence-electron chi connectivity index (χ1n) is 9.62. The highest BCUT2D eigenvalue weighted by molar-refractivity contribution is 8.21. The quantitative estimate of drug-likeness (QED) is 0.341. The van der Waals surface area contributed by atoms with Crippen LogP contribution < -0.4 is 0 Å². The van der Waals surface area contributed by atoms with Gasteiger partial charge in [0.25, 0.3) is 0 Å². The van der Waals surface area contributed by atoms with E-state index in [-0.39, 0.29) is 10.2 Å². The van der Waals surface area contributed by atoms with Gasteiger partial charge in [-0.3, -0.25) is 9.59 Å². The Balaban J connectivity index is 1.52. The number of rotatable bonds is 8. The van der Waals surface area contributed by atoms with E-state index >= 15 is 0 Å². The van der Waals surface area contributed by atoms with Gasteiger partial charge in [0.1, 0.15) is 0 Å². The van der Waals surface area contributed by atoms with E-state index in [0.717, 1.165) is 23.0 Å². The van der Waals surface area contributed by atoms with Crippen molar-refractivity contribution in [3.63, 3.8) is 0 Å². The van der Waals surface area contributed by atoms with Gasteiger partial charge in [0.2, 0.25) is 10.2 Å². The van der Waals surface area contributed by atoms with Gasteiger partial charge in [-0.05, 0) is 36.1 Å². The van der Waals surface area contributed by atoms with E-state index in [0.29, 0.717) is 30.8 Å². The van der Waals surface area contributed by atoms with E-state index in [9.17, 15) is 9.59 Å². The van der Waals surface area contributed by atoms with Crippen molar-refractivity contribution in [3.8, 4) is 0 Å². The van der Waals surface area contributed by atoms with E-state index in [1.807, 2.05) is 47.0 Å². The van der Waals surface area contributed by atoms with Crippen LogP contribution in [-0.4, -0.2) is 43.7 Å². The predicted octanol–water partition coefficient (Wildman–Crippen LogP) is 7.05. The Morgan fingerprint density at radius 1 is 0.900 bits per heavy atom. The average Bonchev–Trinajstić information content (AvgIpc) is 3.40. The summed E-state index contributed by atoms with van der Waals surface area (Å²) in [7, 11) is 0. The van der Waals surface area contributed by atoms with Crippen LogP contribution in [0.15, 0.2) is 48.6 Å². The highest BCUT2D eigenvalue weighted by Gasteiger charge is 2.31. The van der Waals surface area contributed by atoms with Crippen LogP contribution in [0.4, 0.5) is 0 Å². The Labute approximate surface area is 205 Å². The molecule has 0 amide bonds. The van der Waals surface area contributed by atoms with Gasteiger partial charge in [-0.1, -0.05) is 60.9 Å². The van der Waals surface area contributed by atoms with Gasteiger partial charge in [-0.2, -0.15) is 0 Å². The second-order valence-electron chi connectivity index (χ2n) is 7.27. The van der Waals surface area contributed by atoms with Gasteiger partial charge in [0.15, 0.2) is 0 Å². The standard InChI is InChI=1S/C22H26O2S6/c1-13(2)19(23)25-9-17-11-27-21(29-17)15-6-5-7-16(8-15)22-28-12-18(30-22)10-26-20(24)14(3)4/h5-8,17-18,21-22H,1,3,9-12H2,2,4H3. The molecule has 2 saturated heterocycles. The minimum Gasteiger partial charge on any atom is -0.282 e. The zero-order valence-corrected chi connectivity index (χ0v) is 22.0. The molecule has 1 aromatic rings. The summed E-state index contributed by atoms with van der Waals surface area (Å²) in [4.78, 5) is 23.6. The molecule has 2 fully saturated rings. The fourth-order valence-electron chi connectivity index (χ4n) is 2.86. The summed E-state index contributed by atoms with van der Waals surface area (Å²) >= 11 is 10.7. The molecule has 0 radical (unpaired) electrons. The molecule has 2 aliphatic heterocycles. The summed E-state index contributed by atoms with van der Waals surface area (Å²) in [6, 6.07) is 8.99. The molecular formula is C22H26O2S6. The predicted molar refractivity (Wildman–Crippen MR) is 144 cm³/mol. The van der Waals surface area contributed by atoms with E-state index < -0.39 is 0 Å². The summed E-state index contributed by atoms with van der Waals surface area (Å²) < 4.78 is 0.873. The number of hydrogen-bond donors (Lipinski definition) is 0. The van der Waals surface area contributed by atoms with Gasteiger partial charge in [-0.25, -0.2) is 0 Å². The maximum atomic E-state index is 11.8. The van der Waals surface area contributed by atoms with Crippen molar-refractivity contribution in [2.24, 2.45) is 0 Å². The van der Waals surface area contributed by atoms with Crippen LogP contribution in [-0.2, 0) is 9.59 Å². The SMILES string of the molecule is C=C(C)C(=O)SCC1CSC(c2cccc(C3SCC(CSC(=O)C(=C)C)S3)c2)S1. The van der Waals surface area contributed by atoms with Crippen LogP contribution in [0.1, 0.15) is 34.1 Å². The normalized spacial score (nSPS) is 25.9. The monoisotopic (exact) mass is 514 g/mol. The molecule has 0 aliphatic carbocycles. The van der Waals surface area contributed by atoms with Crippen LogP contribution in [0, 0.1) is 0 Å². The molecule has 4 unspecified atom stereocenters. The number of benzene rings is 1. The molecule has 0 saturated carbocycles. The molecular weight excluding hydrogens is 489 g/mol. The maximum absolute atomic E-state index is 11.8. The molecule has 3 rings (SSSR count). The first kappa shape index (κ1) is 24.8. The highest BCUT2D eigenvalue weighted by Crippen LogP contribution is 2.53. The Morgan fingerprint density at radius 2 is 1.33 bits per heavy atom. The van der Waals surface area contributed by atoms with Crippen LogP contribution >= 0.6 is 70.6 Å². The third-order valence-corrected chi connectivity index (χ3v) is 14.0. The Kier molecular flexibility index (Phi) is 9.78. The summed E-state index contributed by atoms with van der Waals surface area (Å²) in [5.41, 5.74) is 4.01. The number of hydrogen-bond acceptors (Lipinski definition) is 8. The second kappa shape index (κ2) is 11.8. The minimum atomic E-state index is 0.110. The first-order valence-corrected chi connectivity index (χ1v) is 15.6. The van der Waals surface area contributed by atoms with Crippen molar-refractivity contribution in [1.29, 1.82) is 0 Å². The smallest absolute Gasteiger partial charge is 0.214 e. The van der Waals surface area contributed by atoms with Crippen LogP contribution in [0.3, 0.4) is 0 Å². The van der Waals surface area contributed by atoms with Gasteiger partial charge in [-0.15, -0.1) is 47.0 Å². The Hall–Kier alpha value is 0.140. The maximum Gasteiger partial charge on any atom is 0.214 e. The van der Waals surface area contributed by atoms with Crippen molar-refractivity contribution in [1.82, 2.24) is 0 Å². The molecule has 4 atom stereocenters. The second-order valence-corrected chi connectivity index (χ2v) is 15.0. The van der Waals surface area contributed by atoms with Crippen molar-refractivity contribution >= 4 is 80.8 Å². The van der Waals surface area contributed by atoms with Crippen molar-refractivity contribution in [2.45, 2.75) is 33.5 Å². The lowest BCUT2D eigenvalue weighted by Crippen LogP contribution is -2.07. The van der Waals surface area contributed by atoms with Gasteiger partial charge >= 0.3 is 0 Å². The largest absolute Gasteiger partial charge is 0.282 e. The van der Waals surface area contributed by atoms with E-state index in [4.69, 9.17) is 0 Å². The van der Waals surface area contributed by atoms with Gasteiger partial charge in [0.05, 0.1) is 9.16 Å². The molecule has 2 heterocycles. The van der Waals surface area contributed by atoms with E-state index in [1.165, 1.54) is 34.7 Å². The van der Waals surface area contributed by atoms with Crippen molar-refractivity contribution in [3.05, 3.63) is 59.7 Å². The number of carbonyl (C=O) groups excluding carboxylic acids is 2. The number of carbonyl (C=O) groups is 2. The summed E-state index contributed by atoms with van der Waals surface area (Å²) in [6.45, 7) is 11.0.